The Hall–Kier alpha value is -2.08. The van der Waals surface area contributed by atoms with Crippen LogP contribution in [0.5, 0.6) is 5.75 Å². The van der Waals surface area contributed by atoms with Crippen LogP contribution in [0.3, 0.4) is 0 Å². The number of rotatable bonds is 10. The smallest absolute Gasteiger partial charge is 0.258 e. The van der Waals surface area contributed by atoms with Crippen LogP contribution in [0.2, 0.25) is 0 Å². The molecule has 1 rings (SSSR count). The summed E-state index contributed by atoms with van der Waals surface area (Å²) in [6.07, 6.45) is 0.914. The van der Waals surface area contributed by atoms with Crippen molar-refractivity contribution in [2.45, 2.75) is 13.3 Å². The summed E-state index contributed by atoms with van der Waals surface area (Å²) >= 11 is 0. The standard InChI is InChI=1S/C17H27N3O3/c1-15(21)20(12-7-11-19(2)3)13-10-18-17(22)14-23-16-8-5-4-6-9-16/h4-6,8-9H,7,10-14H2,1-3H3,(H,18,22). The predicted octanol–water partition coefficient (Wildman–Crippen LogP) is 0.982. The van der Waals surface area contributed by atoms with Gasteiger partial charge in [-0.3, -0.25) is 9.59 Å². The van der Waals surface area contributed by atoms with Crippen molar-refractivity contribution >= 4 is 11.8 Å². The number of carbonyl (C=O) groups is 2. The van der Waals surface area contributed by atoms with E-state index < -0.39 is 0 Å². The lowest BCUT2D eigenvalue weighted by molar-refractivity contribution is -0.129. The molecule has 0 aliphatic heterocycles. The zero-order valence-corrected chi connectivity index (χ0v) is 14.2. The summed E-state index contributed by atoms with van der Waals surface area (Å²) in [7, 11) is 4.01. The summed E-state index contributed by atoms with van der Waals surface area (Å²) in [5.41, 5.74) is 0. The third-order valence-electron chi connectivity index (χ3n) is 3.30. The normalized spacial score (nSPS) is 10.4. The number of nitrogens with zero attached hydrogens (tertiary/aromatic N) is 2. The van der Waals surface area contributed by atoms with Crippen LogP contribution in [0.15, 0.2) is 30.3 Å². The van der Waals surface area contributed by atoms with Gasteiger partial charge >= 0.3 is 0 Å². The number of ether oxygens (including phenoxy) is 1. The largest absolute Gasteiger partial charge is 0.484 e. The van der Waals surface area contributed by atoms with E-state index in [9.17, 15) is 9.59 Å². The van der Waals surface area contributed by atoms with Gasteiger partial charge in [-0.25, -0.2) is 0 Å². The molecule has 128 valence electrons. The summed E-state index contributed by atoms with van der Waals surface area (Å²) in [5, 5.41) is 2.77. The molecule has 0 spiro atoms. The summed E-state index contributed by atoms with van der Waals surface area (Å²) in [5.74, 6) is 0.501. The Balaban J connectivity index is 2.21. The van der Waals surface area contributed by atoms with Crippen molar-refractivity contribution in [2.75, 3.05) is 46.9 Å². The zero-order chi connectivity index (χ0) is 17.1. The minimum absolute atomic E-state index is 0.0231. The van der Waals surface area contributed by atoms with Gasteiger partial charge < -0.3 is 19.9 Å². The highest BCUT2D eigenvalue weighted by Gasteiger charge is 2.09. The van der Waals surface area contributed by atoms with Crippen LogP contribution in [-0.4, -0.2) is 68.5 Å². The second kappa shape index (κ2) is 10.6. The predicted molar refractivity (Wildman–Crippen MR) is 90.4 cm³/mol. The molecular weight excluding hydrogens is 294 g/mol. The first-order valence-electron chi connectivity index (χ1n) is 7.84. The van der Waals surface area contributed by atoms with Crippen LogP contribution in [-0.2, 0) is 9.59 Å². The summed E-state index contributed by atoms with van der Waals surface area (Å²) in [6, 6.07) is 9.20. The SMILES string of the molecule is CC(=O)N(CCCN(C)C)CCNC(=O)COc1ccccc1. The molecule has 1 N–H and O–H groups in total. The molecule has 0 heterocycles. The number of carbonyl (C=O) groups excluding carboxylic acids is 2. The van der Waals surface area contributed by atoms with Gasteiger partial charge in [0, 0.05) is 26.6 Å². The molecule has 6 nitrogen and oxygen atoms in total. The fraction of sp³-hybridized carbons (Fsp3) is 0.529. The molecule has 0 fully saturated rings. The first-order chi connectivity index (χ1) is 11.0. The van der Waals surface area contributed by atoms with Crippen LogP contribution in [0.4, 0.5) is 0 Å². The Kier molecular flexibility index (Phi) is 8.75. The van der Waals surface area contributed by atoms with Gasteiger partial charge in [-0.05, 0) is 39.2 Å². The number of para-hydroxylation sites is 1. The van der Waals surface area contributed by atoms with Crippen molar-refractivity contribution in [3.63, 3.8) is 0 Å². The van der Waals surface area contributed by atoms with E-state index in [2.05, 4.69) is 10.2 Å². The highest BCUT2D eigenvalue weighted by atomic mass is 16.5. The monoisotopic (exact) mass is 321 g/mol. The summed E-state index contributed by atoms with van der Waals surface area (Å²) in [6.45, 7) is 4.10. The number of hydrogen-bond acceptors (Lipinski definition) is 4. The molecule has 0 saturated heterocycles. The summed E-state index contributed by atoms with van der Waals surface area (Å²) in [4.78, 5) is 27.1. The topological polar surface area (TPSA) is 61.9 Å². The van der Waals surface area contributed by atoms with Crippen LogP contribution < -0.4 is 10.1 Å². The second-order valence-corrected chi connectivity index (χ2v) is 5.61. The number of hydrogen-bond donors (Lipinski definition) is 1. The minimum atomic E-state index is -0.189. The second-order valence-electron chi connectivity index (χ2n) is 5.61. The van der Waals surface area contributed by atoms with Gasteiger partial charge in [-0.1, -0.05) is 18.2 Å². The van der Waals surface area contributed by atoms with Gasteiger partial charge in [-0.2, -0.15) is 0 Å². The molecule has 0 bridgehead atoms. The number of amides is 2. The fourth-order valence-corrected chi connectivity index (χ4v) is 2.05. The summed E-state index contributed by atoms with van der Waals surface area (Å²) < 4.78 is 5.37. The van der Waals surface area contributed by atoms with Crippen molar-refractivity contribution < 1.29 is 14.3 Å². The molecule has 1 aromatic carbocycles. The average molecular weight is 321 g/mol. The molecule has 0 aliphatic rings. The average Bonchev–Trinajstić information content (AvgIpc) is 2.52. The molecule has 0 saturated carbocycles. The van der Waals surface area contributed by atoms with Gasteiger partial charge in [0.15, 0.2) is 6.61 Å². The molecule has 0 aromatic heterocycles. The Morgan fingerprint density at radius 3 is 2.39 bits per heavy atom. The maximum atomic E-state index is 11.7. The van der Waals surface area contributed by atoms with Crippen LogP contribution in [0, 0.1) is 0 Å². The quantitative estimate of drug-likeness (QED) is 0.698. The van der Waals surface area contributed by atoms with Gasteiger partial charge in [0.2, 0.25) is 5.91 Å². The highest BCUT2D eigenvalue weighted by molar-refractivity contribution is 5.77. The molecule has 2 amide bonds. The Morgan fingerprint density at radius 1 is 1.09 bits per heavy atom. The van der Waals surface area contributed by atoms with Crippen molar-refractivity contribution in [1.29, 1.82) is 0 Å². The van der Waals surface area contributed by atoms with E-state index >= 15 is 0 Å². The molecule has 6 heteroatoms. The van der Waals surface area contributed by atoms with Gasteiger partial charge in [0.1, 0.15) is 5.75 Å². The van der Waals surface area contributed by atoms with Crippen molar-refractivity contribution in [3.8, 4) is 5.75 Å². The Morgan fingerprint density at radius 2 is 1.78 bits per heavy atom. The van der Waals surface area contributed by atoms with E-state index in [1.54, 1.807) is 24.0 Å². The Labute approximate surface area is 138 Å². The maximum absolute atomic E-state index is 11.7. The molecule has 0 unspecified atom stereocenters. The van der Waals surface area contributed by atoms with Crippen molar-refractivity contribution in [1.82, 2.24) is 15.1 Å². The van der Waals surface area contributed by atoms with E-state index in [0.29, 0.717) is 25.4 Å². The van der Waals surface area contributed by atoms with E-state index in [1.807, 2.05) is 32.3 Å². The van der Waals surface area contributed by atoms with E-state index in [1.165, 1.54) is 0 Å². The van der Waals surface area contributed by atoms with E-state index in [-0.39, 0.29) is 18.4 Å². The zero-order valence-electron chi connectivity index (χ0n) is 14.2. The lowest BCUT2D eigenvalue weighted by Gasteiger charge is -2.22. The van der Waals surface area contributed by atoms with Crippen LogP contribution >= 0.6 is 0 Å². The third kappa shape index (κ3) is 8.83. The first kappa shape index (κ1) is 19.0. The van der Waals surface area contributed by atoms with Gasteiger partial charge in [-0.15, -0.1) is 0 Å². The molecule has 1 aromatic rings. The number of nitrogens with one attached hydrogen (secondary N) is 1. The van der Waals surface area contributed by atoms with Gasteiger partial charge in [0.25, 0.3) is 5.91 Å². The molecule has 0 radical (unpaired) electrons. The minimum Gasteiger partial charge on any atom is -0.484 e. The molecule has 0 aliphatic carbocycles. The van der Waals surface area contributed by atoms with Crippen molar-refractivity contribution in [2.24, 2.45) is 0 Å². The maximum Gasteiger partial charge on any atom is 0.258 e. The first-order valence-corrected chi connectivity index (χ1v) is 7.84. The van der Waals surface area contributed by atoms with Gasteiger partial charge in [0.05, 0.1) is 0 Å². The van der Waals surface area contributed by atoms with Crippen LogP contribution in [0.1, 0.15) is 13.3 Å². The van der Waals surface area contributed by atoms with E-state index in [0.717, 1.165) is 13.0 Å². The lowest BCUT2D eigenvalue weighted by Crippen LogP contribution is -2.39. The molecule has 0 atom stereocenters. The Bertz CT molecular complexity index is 477. The molecular formula is C17H27N3O3. The highest BCUT2D eigenvalue weighted by Crippen LogP contribution is 2.07. The lowest BCUT2D eigenvalue weighted by atomic mass is 10.3. The number of benzene rings is 1. The van der Waals surface area contributed by atoms with E-state index in [4.69, 9.17) is 4.74 Å². The molecule has 23 heavy (non-hydrogen) atoms. The third-order valence-corrected chi connectivity index (χ3v) is 3.30. The van der Waals surface area contributed by atoms with Crippen LogP contribution in [0.25, 0.3) is 0 Å². The van der Waals surface area contributed by atoms with Crippen molar-refractivity contribution in [3.05, 3.63) is 30.3 Å². The fourth-order valence-electron chi connectivity index (χ4n) is 2.05.